The molecule has 0 unspecified atom stereocenters. The number of sulfone groups is 1. The number of hydrogen-bond donors (Lipinski definition) is 1. The second kappa shape index (κ2) is 4.09. The molecule has 1 aliphatic heterocycles. The lowest BCUT2D eigenvalue weighted by Crippen LogP contribution is -2.12. The van der Waals surface area contributed by atoms with Crippen molar-refractivity contribution in [3.05, 3.63) is 23.8 Å². The molecule has 88 valence electrons. The minimum absolute atomic E-state index is 0.163. The maximum atomic E-state index is 12.0. The molecule has 0 aromatic heterocycles. The van der Waals surface area contributed by atoms with Crippen LogP contribution in [0, 0.1) is 5.92 Å². The number of anilines is 1. The lowest BCUT2D eigenvalue weighted by molar-refractivity contribution is 0.582. The van der Waals surface area contributed by atoms with Gasteiger partial charge in [0, 0.05) is 12.2 Å². The fourth-order valence-corrected chi connectivity index (χ4v) is 3.68. The summed E-state index contributed by atoms with van der Waals surface area (Å²) in [6.45, 7) is 4.75. The van der Waals surface area contributed by atoms with Gasteiger partial charge in [-0.2, -0.15) is 0 Å². The minimum atomic E-state index is -3.11. The first-order valence-electron chi connectivity index (χ1n) is 5.58. The van der Waals surface area contributed by atoms with E-state index in [2.05, 4.69) is 5.32 Å². The summed E-state index contributed by atoms with van der Waals surface area (Å²) in [5, 5.41) is 3.22. The highest BCUT2D eigenvalue weighted by Crippen LogP contribution is 2.26. The predicted octanol–water partition coefficient (Wildman–Crippen LogP) is 2.08. The molecule has 0 saturated carbocycles. The molecule has 1 aromatic carbocycles. The molecule has 16 heavy (non-hydrogen) atoms. The Morgan fingerprint density at radius 2 is 2.12 bits per heavy atom. The van der Waals surface area contributed by atoms with E-state index < -0.39 is 9.84 Å². The highest BCUT2D eigenvalue weighted by Gasteiger charge is 2.19. The average Bonchev–Trinajstić information content (AvgIpc) is 2.61. The Morgan fingerprint density at radius 1 is 1.38 bits per heavy atom. The summed E-state index contributed by atoms with van der Waals surface area (Å²) < 4.78 is 24.0. The van der Waals surface area contributed by atoms with Crippen LogP contribution >= 0.6 is 0 Å². The van der Waals surface area contributed by atoms with Crippen molar-refractivity contribution in [3.8, 4) is 0 Å². The molecule has 1 heterocycles. The number of nitrogens with one attached hydrogen (secondary N) is 1. The molecule has 1 aliphatic rings. The Balaban J connectivity index is 2.34. The summed E-state index contributed by atoms with van der Waals surface area (Å²) in [6, 6.07) is 5.39. The Labute approximate surface area is 96.8 Å². The van der Waals surface area contributed by atoms with Gasteiger partial charge in [0.25, 0.3) is 0 Å². The van der Waals surface area contributed by atoms with Crippen molar-refractivity contribution >= 4 is 15.5 Å². The Bertz CT molecular complexity index is 492. The summed E-state index contributed by atoms with van der Waals surface area (Å²) in [5.41, 5.74) is 2.19. The average molecular weight is 239 g/mol. The summed E-state index contributed by atoms with van der Waals surface area (Å²) >= 11 is 0. The third kappa shape index (κ3) is 2.21. The third-order valence-electron chi connectivity index (χ3n) is 2.70. The van der Waals surface area contributed by atoms with Crippen LogP contribution in [0.3, 0.4) is 0 Å². The fourth-order valence-electron chi connectivity index (χ4n) is 2.01. The quantitative estimate of drug-likeness (QED) is 0.878. The fraction of sp³-hybridized carbons (Fsp3) is 0.500. The lowest BCUT2D eigenvalue weighted by Gasteiger charge is -2.08. The zero-order valence-electron chi connectivity index (χ0n) is 9.66. The second-order valence-corrected chi connectivity index (χ2v) is 6.71. The zero-order chi connectivity index (χ0) is 11.8. The SMILES string of the molecule is CC(C)CS(=O)(=O)c1ccc2c(c1)CCN2. The molecular formula is C12H17NO2S. The van der Waals surface area contributed by atoms with Crippen LogP contribution in [-0.2, 0) is 16.3 Å². The lowest BCUT2D eigenvalue weighted by atomic mass is 10.2. The minimum Gasteiger partial charge on any atom is -0.384 e. The van der Waals surface area contributed by atoms with E-state index in [-0.39, 0.29) is 11.7 Å². The van der Waals surface area contributed by atoms with Gasteiger partial charge in [0.15, 0.2) is 9.84 Å². The Kier molecular flexibility index (Phi) is 2.93. The summed E-state index contributed by atoms with van der Waals surface area (Å²) in [5.74, 6) is 0.385. The number of rotatable bonds is 3. The number of fused-ring (bicyclic) bond motifs is 1. The van der Waals surface area contributed by atoms with Crippen LogP contribution in [0.25, 0.3) is 0 Å². The van der Waals surface area contributed by atoms with Crippen LogP contribution in [0.5, 0.6) is 0 Å². The molecule has 0 spiro atoms. The molecule has 1 aromatic rings. The van der Waals surface area contributed by atoms with E-state index in [1.807, 2.05) is 26.0 Å². The van der Waals surface area contributed by atoms with Gasteiger partial charge in [0.1, 0.15) is 0 Å². The van der Waals surface area contributed by atoms with Crippen LogP contribution < -0.4 is 5.32 Å². The largest absolute Gasteiger partial charge is 0.384 e. The second-order valence-electron chi connectivity index (χ2n) is 4.67. The van der Waals surface area contributed by atoms with Crippen molar-refractivity contribution in [2.45, 2.75) is 25.2 Å². The normalized spacial score (nSPS) is 14.9. The van der Waals surface area contributed by atoms with Gasteiger partial charge in [-0.15, -0.1) is 0 Å². The zero-order valence-corrected chi connectivity index (χ0v) is 10.5. The molecule has 0 amide bonds. The predicted molar refractivity (Wildman–Crippen MR) is 65.5 cm³/mol. The number of benzene rings is 1. The Hall–Kier alpha value is -1.03. The molecule has 0 radical (unpaired) electrons. The van der Waals surface area contributed by atoms with Crippen LogP contribution in [0.1, 0.15) is 19.4 Å². The van der Waals surface area contributed by atoms with Crippen molar-refractivity contribution in [2.75, 3.05) is 17.6 Å². The van der Waals surface area contributed by atoms with Crippen molar-refractivity contribution < 1.29 is 8.42 Å². The summed E-state index contributed by atoms with van der Waals surface area (Å²) in [4.78, 5) is 0.462. The van der Waals surface area contributed by atoms with E-state index >= 15 is 0 Å². The van der Waals surface area contributed by atoms with E-state index in [0.717, 1.165) is 24.2 Å². The topological polar surface area (TPSA) is 46.2 Å². The molecule has 0 atom stereocenters. The van der Waals surface area contributed by atoms with Crippen LogP contribution in [-0.4, -0.2) is 20.7 Å². The molecule has 1 N–H and O–H groups in total. The molecule has 0 aliphatic carbocycles. The van der Waals surface area contributed by atoms with Crippen LogP contribution in [0.2, 0.25) is 0 Å². The van der Waals surface area contributed by atoms with Gasteiger partial charge >= 0.3 is 0 Å². The van der Waals surface area contributed by atoms with Crippen LogP contribution in [0.15, 0.2) is 23.1 Å². The van der Waals surface area contributed by atoms with E-state index in [9.17, 15) is 8.42 Å². The smallest absolute Gasteiger partial charge is 0.178 e. The highest BCUT2D eigenvalue weighted by atomic mass is 32.2. The first-order valence-corrected chi connectivity index (χ1v) is 7.24. The molecule has 4 heteroatoms. The van der Waals surface area contributed by atoms with E-state index in [4.69, 9.17) is 0 Å². The molecule has 3 nitrogen and oxygen atoms in total. The van der Waals surface area contributed by atoms with Gasteiger partial charge in [-0.05, 0) is 36.1 Å². The van der Waals surface area contributed by atoms with Gasteiger partial charge in [0.05, 0.1) is 10.6 Å². The van der Waals surface area contributed by atoms with Crippen LogP contribution in [0.4, 0.5) is 5.69 Å². The van der Waals surface area contributed by atoms with Crippen molar-refractivity contribution in [1.82, 2.24) is 0 Å². The molecule has 0 bridgehead atoms. The monoisotopic (exact) mass is 239 g/mol. The van der Waals surface area contributed by atoms with Gasteiger partial charge in [-0.1, -0.05) is 13.8 Å². The Morgan fingerprint density at radius 3 is 2.81 bits per heavy atom. The van der Waals surface area contributed by atoms with Crippen molar-refractivity contribution in [2.24, 2.45) is 5.92 Å². The summed E-state index contributed by atoms with van der Waals surface area (Å²) in [6.07, 6.45) is 0.917. The molecular weight excluding hydrogens is 222 g/mol. The van der Waals surface area contributed by atoms with Crippen molar-refractivity contribution in [1.29, 1.82) is 0 Å². The van der Waals surface area contributed by atoms with Gasteiger partial charge in [-0.25, -0.2) is 8.42 Å². The first kappa shape index (κ1) is 11.5. The van der Waals surface area contributed by atoms with E-state index in [1.54, 1.807) is 6.07 Å². The molecule has 0 fully saturated rings. The maximum absolute atomic E-state index is 12.0. The maximum Gasteiger partial charge on any atom is 0.178 e. The van der Waals surface area contributed by atoms with Crippen molar-refractivity contribution in [3.63, 3.8) is 0 Å². The third-order valence-corrected chi connectivity index (χ3v) is 4.78. The summed E-state index contributed by atoms with van der Waals surface area (Å²) in [7, 11) is -3.11. The highest BCUT2D eigenvalue weighted by molar-refractivity contribution is 7.91. The molecule has 0 saturated heterocycles. The van der Waals surface area contributed by atoms with E-state index in [0.29, 0.717) is 4.90 Å². The number of hydrogen-bond acceptors (Lipinski definition) is 3. The van der Waals surface area contributed by atoms with E-state index in [1.165, 1.54) is 0 Å². The van der Waals surface area contributed by atoms with Gasteiger partial charge < -0.3 is 5.32 Å². The molecule has 2 rings (SSSR count). The first-order chi connectivity index (χ1) is 7.49. The van der Waals surface area contributed by atoms with Gasteiger partial charge in [0.2, 0.25) is 0 Å². The standard InChI is InChI=1S/C12H17NO2S/c1-9(2)8-16(14,15)11-3-4-12-10(7-11)5-6-13-12/h3-4,7,9,13H,5-6,8H2,1-2H3. The van der Waals surface area contributed by atoms with Gasteiger partial charge in [-0.3, -0.25) is 0 Å².